The van der Waals surface area contributed by atoms with Crippen molar-refractivity contribution >= 4 is 17.5 Å². The van der Waals surface area contributed by atoms with E-state index in [-0.39, 0.29) is 18.4 Å². The maximum absolute atomic E-state index is 13.2. The molecule has 3 aliphatic rings. The lowest BCUT2D eigenvalue weighted by Gasteiger charge is -2.38. The molecule has 1 heterocycles. The summed E-state index contributed by atoms with van der Waals surface area (Å²) in [7, 11) is 0. The van der Waals surface area contributed by atoms with Gasteiger partial charge in [-0.3, -0.25) is 14.6 Å². The van der Waals surface area contributed by atoms with E-state index in [1.807, 2.05) is 30.3 Å². The normalized spacial score (nSPS) is 21.1. The van der Waals surface area contributed by atoms with E-state index in [0.717, 1.165) is 50.5 Å². The second-order valence-electron chi connectivity index (χ2n) is 8.47. The first kappa shape index (κ1) is 19.9. The van der Waals surface area contributed by atoms with Crippen molar-refractivity contribution in [1.29, 1.82) is 0 Å². The highest BCUT2D eigenvalue weighted by atomic mass is 16.2. The van der Waals surface area contributed by atoms with Crippen molar-refractivity contribution < 1.29 is 9.59 Å². The summed E-state index contributed by atoms with van der Waals surface area (Å²) < 4.78 is 0. The fourth-order valence-electron chi connectivity index (χ4n) is 4.83. The first-order chi connectivity index (χ1) is 14.2. The molecule has 1 aromatic rings. The van der Waals surface area contributed by atoms with Crippen molar-refractivity contribution in [1.82, 2.24) is 10.2 Å². The summed E-state index contributed by atoms with van der Waals surface area (Å²) >= 11 is 0. The molecule has 1 aliphatic heterocycles. The standard InChI is InChI=1S/C24H31N3O2/c28-21(25-17-14-19-10-4-1-5-11-19)18-27-23(29)22(20-12-6-2-7-13-20)26-24(27)15-8-3-9-16-24/h2,6-7,10,12-13H,1,3-5,8-9,11,14-18H2,(H,25,28). The molecule has 1 spiro atoms. The molecule has 1 saturated carbocycles. The van der Waals surface area contributed by atoms with Gasteiger partial charge in [-0.1, -0.05) is 48.4 Å². The number of nitrogens with one attached hydrogen (secondary N) is 1. The Morgan fingerprint density at radius 2 is 1.86 bits per heavy atom. The number of hydrogen-bond donors (Lipinski definition) is 1. The van der Waals surface area contributed by atoms with E-state index >= 15 is 0 Å². The Balaban J connectivity index is 1.43. The first-order valence-electron chi connectivity index (χ1n) is 11.1. The van der Waals surface area contributed by atoms with E-state index < -0.39 is 5.66 Å². The van der Waals surface area contributed by atoms with E-state index in [9.17, 15) is 9.59 Å². The zero-order chi connectivity index (χ0) is 20.1. The lowest BCUT2D eigenvalue weighted by atomic mass is 9.88. The van der Waals surface area contributed by atoms with Gasteiger partial charge in [-0.2, -0.15) is 0 Å². The highest BCUT2D eigenvalue weighted by molar-refractivity contribution is 6.47. The lowest BCUT2D eigenvalue weighted by molar-refractivity contribution is -0.135. The molecular weight excluding hydrogens is 362 g/mol. The molecule has 29 heavy (non-hydrogen) atoms. The minimum Gasteiger partial charge on any atom is -0.354 e. The van der Waals surface area contributed by atoms with Gasteiger partial charge in [0.25, 0.3) is 5.91 Å². The maximum atomic E-state index is 13.2. The van der Waals surface area contributed by atoms with Crippen LogP contribution in [0.5, 0.6) is 0 Å². The van der Waals surface area contributed by atoms with Gasteiger partial charge in [-0.15, -0.1) is 0 Å². The zero-order valence-corrected chi connectivity index (χ0v) is 17.2. The van der Waals surface area contributed by atoms with Crippen molar-refractivity contribution in [3.05, 3.63) is 47.5 Å². The minimum absolute atomic E-state index is 0.0794. The molecule has 0 aromatic heterocycles. The molecule has 1 fully saturated rings. The molecule has 2 aliphatic carbocycles. The molecule has 4 rings (SSSR count). The van der Waals surface area contributed by atoms with Crippen LogP contribution in [0.4, 0.5) is 0 Å². The molecule has 0 bridgehead atoms. The van der Waals surface area contributed by atoms with Gasteiger partial charge < -0.3 is 10.2 Å². The fourth-order valence-corrected chi connectivity index (χ4v) is 4.83. The smallest absolute Gasteiger partial charge is 0.275 e. The van der Waals surface area contributed by atoms with E-state index in [1.54, 1.807) is 4.90 Å². The van der Waals surface area contributed by atoms with Crippen LogP contribution < -0.4 is 5.32 Å². The number of allylic oxidation sites excluding steroid dienone is 1. The Morgan fingerprint density at radius 1 is 1.07 bits per heavy atom. The van der Waals surface area contributed by atoms with E-state index in [4.69, 9.17) is 4.99 Å². The number of hydrogen-bond acceptors (Lipinski definition) is 3. The molecule has 154 valence electrons. The molecule has 1 N–H and O–H groups in total. The van der Waals surface area contributed by atoms with Gasteiger partial charge >= 0.3 is 0 Å². The number of amides is 2. The van der Waals surface area contributed by atoms with Gasteiger partial charge in [-0.05, 0) is 57.8 Å². The average molecular weight is 394 g/mol. The zero-order valence-electron chi connectivity index (χ0n) is 17.2. The molecular formula is C24H31N3O2. The highest BCUT2D eigenvalue weighted by Crippen LogP contribution is 2.39. The van der Waals surface area contributed by atoms with Crippen LogP contribution in [0.3, 0.4) is 0 Å². The van der Waals surface area contributed by atoms with Crippen molar-refractivity contribution in [2.24, 2.45) is 4.99 Å². The summed E-state index contributed by atoms with van der Waals surface area (Å²) in [6.45, 7) is 0.740. The van der Waals surface area contributed by atoms with Gasteiger partial charge in [0, 0.05) is 12.1 Å². The van der Waals surface area contributed by atoms with Crippen molar-refractivity contribution in [3.63, 3.8) is 0 Å². The molecule has 0 unspecified atom stereocenters. The molecule has 5 heteroatoms. The Labute approximate surface area is 173 Å². The number of aliphatic imine (C=N–C) groups is 1. The Morgan fingerprint density at radius 3 is 2.59 bits per heavy atom. The first-order valence-corrected chi connectivity index (χ1v) is 11.1. The SMILES string of the molecule is O=C(CN1C(=O)C(c2ccccc2)=NC12CCCCC2)NCCC1=CCCCC1. The van der Waals surface area contributed by atoms with Crippen LogP contribution in [-0.2, 0) is 9.59 Å². The number of carbonyl (C=O) groups excluding carboxylic acids is 2. The number of carbonyl (C=O) groups is 2. The molecule has 5 nitrogen and oxygen atoms in total. The third-order valence-electron chi connectivity index (χ3n) is 6.43. The van der Waals surface area contributed by atoms with Crippen LogP contribution in [0.15, 0.2) is 47.0 Å². The van der Waals surface area contributed by atoms with Crippen LogP contribution >= 0.6 is 0 Å². The number of nitrogens with zero attached hydrogens (tertiary/aromatic N) is 2. The fraction of sp³-hybridized carbons (Fsp3) is 0.542. The Hall–Kier alpha value is -2.43. The summed E-state index contributed by atoms with van der Waals surface area (Å²) in [5.41, 5.74) is 2.26. The molecule has 0 radical (unpaired) electrons. The van der Waals surface area contributed by atoms with Crippen molar-refractivity contribution in [2.75, 3.05) is 13.1 Å². The van der Waals surface area contributed by atoms with Crippen LogP contribution in [0.25, 0.3) is 0 Å². The van der Waals surface area contributed by atoms with Crippen LogP contribution in [0, 0.1) is 0 Å². The van der Waals surface area contributed by atoms with Crippen LogP contribution in [-0.4, -0.2) is 41.2 Å². The molecule has 0 saturated heterocycles. The van der Waals surface area contributed by atoms with Gasteiger partial charge in [-0.25, -0.2) is 0 Å². The minimum atomic E-state index is -0.538. The summed E-state index contributed by atoms with van der Waals surface area (Å²) in [5.74, 6) is -0.188. The monoisotopic (exact) mass is 393 g/mol. The van der Waals surface area contributed by atoms with Crippen molar-refractivity contribution in [3.8, 4) is 0 Å². The summed E-state index contributed by atoms with van der Waals surface area (Å²) in [6.07, 6.45) is 13.0. The lowest BCUT2D eigenvalue weighted by Crippen LogP contribution is -2.52. The summed E-state index contributed by atoms with van der Waals surface area (Å²) in [5, 5.41) is 3.03. The van der Waals surface area contributed by atoms with Gasteiger partial charge in [0.2, 0.25) is 5.91 Å². The molecule has 0 atom stereocenters. The Bertz CT molecular complexity index is 807. The van der Waals surface area contributed by atoms with Gasteiger partial charge in [0.1, 0.15) is 17.9 Å². The predicted octanol–water partition coefficient (Wildman–Crippen LogP) is 3.99. The topological polar surface area (TPSA) is 61.8 Å². The third-order valence-corrected chi connectivity index (χ3v) is 6.43. The van der Waals surface area contributed by atoms with Gasteiger partial charge in [0.15, 0.2) is 0 Å². The Kier molecular flexibility index (Phi) is 6.12. The van der Waals surface area contributed by atoms with E-state index in [0.29, 0.717) is 12.3 Å². The van der Waals surface area contributed by atoms with E-state index in [2.05, 4.69) is 11.4 Å². The number of benzene rings is 1. The molecule has 1 aromatic carbocycles. The second-order valence-corrected chi connectivity index (χ2v) is 8.47. The summed E-state index contributed by atoms with van der Waals surface area (Å²) in [6, 6.07) is 9.64. The van der Waals surface area contributed by atoms with Crippen LogP contribution in [0.2, 0.25) is 0 Å². The van der Waals surface area contributed by atoms with Crippen LogP contribution in [0.1, 0.15) is 69.8 Å². The highest BCUT2D eigenvalue weighted by Gasteiger charge is 2.48. The van der Waals surface area contributed by atoms with Crippen molar-refractivity contribution in [2.45, 2.75) is 69.9 Å². The maximum Gasteiger partial charge on any atom is 0.275 e. The van der Waals surface area contributed by atoms with E-state index in [1.165, 1.54) is 24.8 Å². The number of rotatable bonds is 6. The summed E-state index contributed by atoms with van der Waals surface area (Å²) in [4.78, 5) is 32.6. The van der Waals surface area contributed by atoms with Gasteiger partial charge in [0.05, 0.1) is 0 Å². The second kappa shape index (κ2) is 8.93. The quantitative estimate of drug-likeness (QED) is 0.743. The molecule has 2 amide bonds. The predicted molar refractivity (Wildman–Crippen MR) is 115 cm³/mol. The largest absolute Gasteiger partial charge is 0.354 e. The average Bonchev–Trinajstić information content (AvgIpc) is 3.01. The third kappa shape index (κ3) is 4.44.